The first kappa shape index (κ1) is 19.6. The standard InChI is InChI=1S/C20H32N2O3/c1-6-24-18-8-7-16(13-15(18)2)14-22-11-9-17(10-12-22)21-19(23)25-20(3,4)5/h7-8,13,17H,6,9-12,14H2,1-5H3,(H,21,23). The van der Waals surface area contributed by atoms with Crippen LogP contribution in [-0.4, -0.2) is 42.3 Å². The molecule has 2 rings (SSSR count). The summed E-state index contributed by atoms with van der Waals surface area (Å²) >= 11 is 0. The first-order valence-corrected chi connectivity index (χ1v) is 9.21. The fraction of sp³-hybridized carbons (Fsp3) is 0.650. The molecule has 140 valence electrons. The van der Waals surface area contributed by atoms with Crippen molar-refractivity contribution in [1.29, 1.82) is 0 Å². The fourth-order valence-corrected chi connectivity index (χ4v) is 3.10. The second-order valence-corrected chi connectivity index (χ2v) is 7.73. The Balaban J connectivity index is 1.78. The Labute approximate surface area is 151 Å². The number of benzene rings is 1. The van der Waals surface area contributed by atoms with Gasteiger partial charge in [-0.15, -0.1) is 0 Å². The molecule has 25 heavy (non-hydrogen) atoms. The largest absolute Gasteiger partial charge is 0.494 e. The lowest BCUT2D eigenvalue weighted by atomic mass is 10.0. The van der Waals surface area contributed by atoms with Gasteiger partial charge in [-0.2, -0.15) is 0 Å². The predicted molar refractivity (Wildman–Crippen MR) is 100 cm³/mol. The van der Waals surface area contributed by atoms with E-state index in [1.165, 1.54) is 11.1 Å². The summed E-state index contributed by atoms with van der Waals surface area (Å²) in [6.07, 6.45) is 1.60. The number of aryl methyl sites for hydroxylation is 1. The number of alkyl carbamates (subject to hydrolysis) is 1. The van der Waals surface area contributed by atoms with E-state index in [9.17, 15) is 4.79 Å². The van der Waals surface area contributed by atoms with Gasteiger partial charge in [0.1, 0.15) is 11.4 Å². The number of piperidine rings is 1. The number of rotatable bonds is 5. The summed E-state index contributed by atoms with van der Waals surface area (Å²) in [5.41, 5.74) is 2.04. The Kier molecular flexibility index (Phi) is 6.71. The molecule has 1 fully saturated rings. The normalized spacial score (nSPS) is 16.5. The number of nitrogens with one attached hydrogen (secondary N) is 1. The summed E-state index contributed by atoms with van der Waals surface area (Å²) in [6, 6.07) is 6.61. The Bertz CT molecular complexity index is 573. The lowest BCUT2D eigenvalue weighted by Crippen LogP contribution is -2.45. The summed E-state index contributed by atoms with van der Waals surface area (Å²) in [5.74, 6) is 0.964. The number of hydrogen-bond donors (Lipinski definition) is 1. The third kappa shape index (κ3) is 6.58. The maximum absolute atomic E-state index is 11.9. The van der Waals surface area contributed by atoms with Gasteiger partial charge in [-0.05, 0) is 64.7 Å². The average molecular weight is 348 g/mol. The minimum Gasteiger partial charge on any atom is -0.494 e. The third-order valence-electron chi connectivity index (χ3n) is 4.25. The van der Waals surface area contributed by atoms with Crippen molar-refractivity contribution in [2.75, 3.05) is 19.7 Å². The predicted octanol–water partition coefficient (Wildman–Crippen LogP) is 3.88. The van der Waals surface area contributed by atoms with Crippen LogP contribution < -0.4 is 10.1 Å². The van der Waals surface area contributed by atoms with E-state index < -0.39 is 5.60 Å². The van der Waals surface area contributed by atoms with Gasteiger partial charge in [0.2, 0.25) is 0 Å². The van der Waals surface area contributed by atoms with Crippen LogP contribution in [0.15, 0.2) is 18.2 Å². The van der Waals surface area contributed by atoms with Crippen molar-refractivity contribution in [3.05, 3.63) is 29.3 Å². The van der Waals surface area contributed by atoms with Crippen molar-refractivity contribution in [3.8, 4) is 5.75 Å². The van der Waals surface area contributed by atoms with Crippen LogP contribution in [0.4, 0.5) is 4.79 Å². The molecule has 1 N–H and O–H groups in total. The van der Waals surface area contributed by atoms with Crippen molar-refractivity contribution in [2.45, 2.75) is 65.6 Å². The highest BCUT2D eigenvalue weighted by atomic mass is 16.6. The van der Waals surface area contributed by atoms with Crippen LogP contribution in [0, 0.1) is 6.92 Å². The van der Waals surface area contributed by atoms with E-state index in [0.717, 1.165) is 38.2 Å². The summed E-state index contributed by atoms with van der Waals surface area (Å²) in [7, 11) is 0. The SMILES string of the molecule is CCOc1ccc(CN2CCC(NC(=O)OC(C)(C)C)CC2)cc1C. The maximum atomic E-state index is 11.9. The van der Waals surface area contributed by atoms with Gasteiger partial charge in [-0.3, -0.25) is 4.90 Å². The third-order valence-corrected chi connectivity index (χ3v) is 4.25. The lowest BCUT2D eigenvalue weighted by molar-refractivity contribution is 0.0477. The average Bonchev–Trinajstić information content (AvgIpc) is 2.50. The number of nitrogens with zero attached hydrogens (tertiary/aromatic N) is 1. The molecule has 0 unspecified atom stereocenters. The van der Waals surface area contributed by atoms with Gasteiger partial charge in [0.15, 0.2) is 0 Å². The maximum Gasteiger partial charge on any atom is 0.407 e. The summed E-state index contributed by atoms with van der Waals surface area (Å²) in [6.45, 7) is 13.3. The zero-order chi connectivity index (χ0) is 18.4. The number of amides is 1. The molecule has 0 saturated carbocycles. The molecule has 0 spiro atoms. The van der Waals surface area contributed by atoms with Crippen molar-refractivity contribution in [3.63, 3.8) is 0 Å². The second kappa shape index (κ2) is 8.56. The van der Waals surface area contributed by atoms with Gasteiger partial charge in [0.25, 0.3) is 0 Å². The molecule has 1 amide bonds. The lowest BCUT2D eigenvalue weighted by Gasteiger charge is -2.33. The Morgan fingerprint density at radius 1 is 1.28 bits per heavy atom. The zero-order valence-electron chi connectivity index (χ0n) is 16.2. The van der Waals surface area contributed by atoms with Crippen molar-refractivity contribution < 1.29 is 14.3 Å². The summed E-state index contributed by atoms with van der Waals surface area (Å²) in [4.78, 5) is 14.3. The summed E-state index contributed by atoms with van der Waals surface area (Å²) in [5, 5.41) is 2.99. The first-order chi connectivity index (χ1) is 11.8. The van der Waals surface area contributed by atoms with Gasteiger partial charge in [-0.25, -0.2) is 4.79 Å². The van der Waals surface area contributed by atoms with Crippen LogP contribution in [0.2, 0.25) is 0 Å². The zero-order valence-corrected chi connectivity index (χ0v) is 16.2. The van der Waals surface area contributed by atoms with Crippen LogP contribution in [0.25, 0.3) is 0 Å². The van der Waals surface area contributed by atoms with Crippen LogP contribution in [0.5, 0.6) is 5.75 Å². The molecule has 5 heteroatoms. The highest BCUT2D eigenvalue weighted by Gasteiger charge is 2.23. The fourth-order valence-electron chi connectivity index (χ4n) is 3.10. The van der Waals surface area contributed by atoms with Crippen LogP contribution in [0.1, 0.15) is 51.7 Å². The molecular formula is C20H32N2O3. The summed E-state index contributed by atoms with van der Waals surface area (Å²) < 4.78 is 10.9. The van der Waals surface area contributed by atoms with Crippen molar-refractivity contribution >= 4 is 6.09 Å². The highest BCUT2D eigenvalue weighted by molar-refractivity contribution is 5.68. The Morgan fingerprint density at radius 3 is 2.52 bits per heavy atom. The molecule has 5 nitrogen and oxygen atoms in total. The van der Waals surface area contributed by atoms with E-state index in [0.29, 0.717) is 6.61 Å². The van der Waals surface area contributed by atoms with Crippen molar-refractivity contribution in [2.24, 2.45) is 0 Å². The number of likely N-dealkylation sites (tertiary alicyclic amines) is 1. The van der Waals surface area contributed by atoms with Crippen molar-refractivity contribution in [1.82, 2.24) is 10.2 Å². The molecule has 0 bridgehead atoms. The quantitative estimate of drug-likeness (QED) is 0.877. The van der Waals surface area contributed by atoms with E-state index in [-0.39, 0.29) is 12.1 Å². The first-order valence-electron chi connectivity index (χ1n) is 9.21. The molecule has 1 aliphatic rings. The monoisotopic (exact) mass is 348 g/mol. The molecule has 0 aromatic heterocycles. The number of ether oxygens (including phenoxy) is 2. The van der Waals surface area contributed by atoms with Gasteiger partial charge < -0.3 is 14.8 Å². The number of hydrogen-bond acceptors (Lipinski definition) is 4. The van der Waals surface area contributed by atoms with Crippen LogP contribution >= 0.6 is 0 Å². The Hall–Kier alpha value is -1.75. The molecule has 1 saturated heterocycles. The number of carbonyl (C=O) groups excluding carboxylic acids is 1. The highest BCUT2D eigenvalue weighted by Crippen LogP contribution is 2.21. The van der Waals surface area contributed by atoms with E-state index in [1.807, 2.05) is 27.7 Å². The molecule has 0 aliphatic carbocycles. The van der Waals surface area contributed by atoms with Gasteiger partial charge in [0, 0.05) is 25.7 Å². The Morgan fingerprint density at radius 2 is 1.96 bits per heavy atom. The molecule has 1 aliphatic heterocycles. The molecule has 1 heterocycles. The molecular weight excluding hydrogens is 316 g/mol. The van der Waals surface area contributed by atoms with E-state index >= 15 is 0 Å². The minimum absolute atomic E-state index is 0.202. The van der Waals surface area contributed by atoms with E-state index in [1.54, 1.807) is 0 Å². The smallest absolute Gasteiger partial charge is 0.407 e. The van der Waals surface area contributed by atoms with Gasteiger partial charge >= 0.3 is 6.09 Å². The molecule has 1 aromatic carbocycles. The van der Waals surface area contributed by atoms with Crippen LogP contribution in [0.3, 0.4) is 0 Å². The van der Waals surface area contributed by atoms with E-state index in [4.69, 9.17) is 9.47 Å². The molecule has 0 atom stereocenters. The van der Waals surface area contributed by atoms with Gasteiger partial charge in [-0.1, -0.05) is 12.1 Å². The molecule has 0 radical (unpaired) electrons. The molecule has 1 aromatic rings. The topological polar surface area (TPSA) is 50.8 Å². The van der Waals surface area contributed by atoms with Gasteiger partial charge in [0.05, 0.1) is 6.61 Å². The van der Waals surface area contributed by atoms with Crippen LogP contribution in [-0.2, 0) is 11.3 Å². The number of carbonyl (C=O) groups is 1. The van der Waals surface area contributed by atoms with E-state index in [2.05, 4.69) is 35.3 Å². The second-order valence-electron chi connectivity index (χ2n) is 7.73. The minimum atomic E-state index is -0.448.